The van der Waals surface area contributed by atoms with E-state index in [0.29, 0.717) is 25.7 Å². The fourth-order valence-electron chi connectivity index (χ4n) is 1.87. The van der Waals surface area contributed by atoms with E-state index in [9.17, 15) is 8.42 Å². The van der Waals surface area contributed by atoms with Crippen molar-refractivity contribution < 1.29 is 8.42 Å². The Morgan fingerprint density at radius 1 is 1.11 bits per heavy atom. The third-order valence-corrected chi connectivity index (χ3v) is 5.16. The van der Waals surface area contributed by atoms with E-state index < -0.39 is 10.0 Å². The number of nitrogens with zero attached hydrogens (tertiary/aromatic N) is 1. The van der Waals surface area contributed by atoms with Crippen LogP contribution in [0.2, 0.25) is 0 Å². The zero-order valence-corrected chi connectivity index (χ0v) is 12.6. The molecule has 1 aliphatic rings. The molecule has 108 valence electrons. The van der Waals surface area contributed by atoms with Crippen LogP contribution in [0.15, 0.2) is 0 Å². The Labute approximate surface area is 112 Å². The maximum atomic E-state index is 12.2. The molecule has 0 aromatic carbocycles. The maximum Gasteiger partial charge on any atom is 0.215 e. The summed E-state index contributed by atoms with van der Waals surface area (Å²) < 4.78 is 26.1. The van der Waals surface area contributed by atoms with Crippen LogP contribution in [0.25, 0.3) is 0 Å². The molecule has 1 N–H and O–H groups in total. The van der Waals surface area contributed by atoms with Crippen LogP contribution in [0.1, 0.15) is 52.4 Å². The van der Waals surface area contributed by atoms with Gasteiger partial charge in [-0.3, -0.25) is 0 Å². The van der Waals surface area contributed by atoms with Crippen molar-refractivity contribution in [3.8, 4) is 0 Å². The van der Waals surface area contributed by atoms with E-state index in [1.165, 1.54) is 12.8 Å². The Hall–Kier alpha value is -0.130. The molecular weight excluding hydrogens is 248 g/mol. The second-order valence-electron chi connectivity index (χ2n) is 5.15. The average Bonchev–Trinajstić information content (AvgIpc) is 3.12. The largest absolute Gasteiger partial charge is 0.313 e. The summed E-state index contributed by atoms with van der Waals surface area (Å²) >= 11 is 0. The summed E-state index contributed by atoms with van der Waals surface area (Å²) in [5.41, 5.74) is 0. The lowest BCUT2D eigenvalue weighted by molar-refractivity contribution is 0.394. The molecule has 1 fully saturated rings. The molecule has 0 radical (unpaired) electrons. The predicted molar refractivity (Wildman–Crippen MR) is 76.2 cm³/mol. The van der Waals surface area contributed by atoms with Gasteiger partial charge < -0.3 is 5.32 Å². The van der Waals surface area contributed by atoms with Crippen molar-refractivity contribution in [2.75, 3.05) is 25.4 Å². The van der Waals surface area contributed by atoms with Crippen molar-refractivity contribution in [3.63, 3.8) is 0 Å². The molecule has 4 nitrogen and oxygen atoms in total. The van der Waals surface area contributed by atoms with Gasteiger partial charge in [0.25, 0.3) is 0 Å². The van der Waals surface area contributed by atoms with E-state index >= 15 is 0 Å². The van der Waals surface area contributed by atoms with Gasteiger partial charge in [0.05, 0.1) is 5.75 Å². The monoisotopic (exact) mass is 276 g/mol. The topological polar surface area (TPSA) is 49.4 Å². The van der Waals surface area contributed by atoms with E-state index in [2.05, 4.69) is 19.2 Å². The summed E-state index contributed by atoms with van der Waals surface area (Å²) in [4.78, 5) is 0. The minimum Gasteiger partial charge on any atom is -0.313 e. The summed E-state index contributed by atoms with van der Waals surface area (Å²) in [7, 11) is -3.06. The molecule has 0 heterocycles. The van der Waals surface area contributed by atoms with Crippen molar-refractivity contribution in [1.82, 2.24) is 9.62 Å². The fourth-order valence-corrected chi connectivity index (χ4v) is 3.32. The Morgan fingerprint density at radius 3 is 2.11 bits per heavy atom. The van der Waals surface area contributed by atoms with Gasteiger partial charge in [-0.05, 0) is 25.7 Å². The Kier molecular flexibility index (Phi) is 7.19. The van der Waals surface area contributed by atoms with Gasteiger partial charge in [0.1, 0.15) is 0 Å². The molecule has 18 heavy (non-hydrogen) atoms. The Balaban J connectivity index is 2.38. The molecule has 0 aromatic heterocycles. The van der Waals surface area contributed by atoms with Crippen LogP contribution in [0.3, 0.4) is 0 Å². The van der Waals surface area contributed by atoms with E-state index in [1.54, 1.807) is 4.31 Å². The molecule has 1 rings (SSSR count). The van der Waals surface area contributed by atoms with E-state index in [0.717, 1.165) is 25.7 Å². The van der Waals surface area contributed by atoms with Crippen LogP contribution in [0.5, 0.6) is 0 Å². The lowest BCUT2D eigenvalue weighted by atomic mass is 10.3. The number of nitrogens with one attached hydrogen (secondary N) is 1. The molecule has 0 saturated heterocycles. The Morgan fingerprint density at radius 2 is 1.67 bits per heavy atom. The maximum absolute atomic E-state index is 12.2. The summed E-state index contributed by atoms with van der Waals surface area (Å²) in [5, 5.41) is 3.27. The van der Waals surface area contributed by atoms with Gasteiger partial charge in [0.2, 0.25) is 10.0 Å². The highest BCUT2D eigenvalue weighted by atomic mass is 32.2. The normalized spacial score (nSPS) is 16.4. The molecule has 5 heteroatoms. The zero-order valence-electron chi connectivity index (χ0n) is 11.8. The molecule has 1 saturated carbocycles. The van der Waals surface area contributed by atoms with Crippen molar-refractivity contribution in [2.24, 2.45) is 0 Å². The van der Waals surface area contributed by atoms with Gasteiger partial charge in [-0.1, -0.05) is 26.7 Å². The van der Waals surface area contributed by atoms with Crippen LogP contribution < -0.4 is 5.32 Å². The highest BCUT2D eigenvalue weighted by molar-refractivity contribution is 7.89. The number of hydrogen-bond acceptors (Lipinski definition) is 3. The predicted octanol–water partition coefficient (Wildman–Crippen LogP) is 1.97. The first-order chi connectivity index (χ1) is 8.60. The molecular formula is C13H28N2O2S. The van der Waals surface area contributed by atoms with Gasteiger partial charge in [-0.25, -0.2) is 12.7 Å². The zero-order chi connectivity index (χ0) is 13.4. The van der Waals surface area contributed by atoms with Crippen LogP contribution >= 0.6 is 0 Å². The molecule has 0 unspecified atom stereocenters. The molecule has 0 aromatic rings. The van der Waals surface area contributed by atoms with Crippen molar-refractivity contribution in [2.45, 2.75) is 58.4 Å². The van der Waals surface area contributed by atoms with Crippen LogP contribution in [-0.4, -0.2) is 44.2 Å². The van der Waals surface area contributed by atoms with Gasteiger partial charge >= 0.3 is 0 Å². The summed E-state index contributed by atoms with van der Waals surface area (Å²) in [5.74, 6) is 0.247. The van der Waals surface area contributed by atoms with Crippen LogP contribution in [0, 0.1) is 0 Å². The minimum absolute atomic E-state index is 0.247. The first kappa shape index (κ1) is 15.9. The average molecular weight is 276 g/mol. The van der Waals surface area contributed by atoms with Gasteiger partial charge in [-0.2, -0.15) is 0 Å². The van der Waals surface area contributed by atoms with Gasteiger partial charge in [0, 0.05) is 25.7 Å². The molecule has 0 aliphatic heterocycles. The van der Waals surface area contributed by atoms with Gasteiger partial charge in [0.15, 0.2) is 0 Å². The number of unbranched alkanes of at least 4 members (excludes halogenated alkanes) is 2. The first-order valence-corrected chi connectivity index (χ1v) is 8.92. The standard InChI is InChI=1S/C13H28N2O2S/c1-3-5-10-15(11-6-4-2)18(16,17)12-9-14-13-7-8-13/h13-14H,3-12H2,1-2H3. The van der Waals surface area contributed by atoms with E-state index in [1.807, 2.05) is 0 Å². The van der Waals surface area contributed by atoms with Crippen LogP contribution in [-0.2, 0) is 10.0 Å². The van der Waals surface area contributed by atoms with Crippen molar-refractivity contribution in [3.05, 3.63) is 0 Å². The minimum atomic E-state index is -3.06. The summed E-state index contributed by atoms with van der Waals surface area (Å²) in [6, 6.07) is 0.583. The fraction of sp³-hybridized carbons (Fsp3) is 1.00. The molecule has 0 amide bonds. The summed E-state index contributed by atoms with van der Waals surface area (Å²) in [6.45, 7) is 6.16. The smallest absolute Gasteiger partial charge is 0.215 e. The quantitative estimate of drug-likeness (QED) is 0.628. The molecule has 0 bridgehead atoms. The highest BCUT2D eigenvalue weighted by Gasteiger charge is 2.24. The Bertz CT molecular complexity index is 305. The second-order valence-corrected chi connectivity index (χ2v) is 7.24. The van der Waals surface area contributed by atoms with Crippen LogP contribution in [0.4, 0.5) is 0 Å². The van der Waals surface area contributed by atoms with Crippen molar-refractivity contribution in [1.29, 1.82) is 0 Å². The third kappa shape index (κ3) is 6.16. The van der Waals surface area contributed by atoms with Crippen molar-refractivity contribution >= 4 is 10.0 Å². The lowest BCUT2D eigenvalue weighted by Crippen LogP contribution is -2.38. The molecule has 0 spiro atoms. The second kappa shape index (κ2) is 8.12. The number of hydrogen-bond donors (Lipinski definition) is 1. The first-order valence-electron chi connectivity index (χ1n) is 7.31. The molecule has 1 aliphatic carbocycles. The number of sulfonamides is 1. The van der Waals surface area contributed by atoms with E-state index in [4.69, 9.17) is 0 Å². The van der Waals surface area contributed by atoms with Gasteiger partial charge in [-0.15, -0.1) is 0 Å². The molecule has 0 atom stereocenters. The SMILES string of the molecule is CCCCN(CCCC)S(=O)(=O)CCNC1CC1. The lowest BCUT2D eigenvalue weighted by Gasteiger charge is -2.22. The highest BCUT2D eigenvalue weighted by Crippen LogP contribution is 2.18. The third-order valence-electron chi connectivity index (χ3n) is 3.29. The summed E-state index contributed by atoms with van der Waals surface area (Å²) in [6.07, 6.45) is 6.40. The van der Waals surface area contributed by atoms with E-state index in [-0.39, 0.29) is 5.75 Å². The number of rotatable bonds is 11.